The Bertz CT molecular complexity index is 363. The van der Waals surface area contributed by atoms with Crippen LogP contribution < -0.4 is 10.1 Å². The van der Waals surface area contributed by atoms with Gasteiger partial charge >= 0.3 is 0 Å². The third-order valence-corrected chi connectivity index (χ3v) is 2.67. The lowest BCUT2D eigenvalue weighted by Crippen LogP contribution is -2.36. The van der Waals surface area contributed by atoms with Crippen molar-refractivity contribution in [3.8, 4) is 5.75 Å². The standard InChI is InChI=1S/C13H25N3O/c1-10-12(11(2)16(6)15-10)17-9-7-8-14-13(3,4)5/h14H,7-9H2,1-6H3. The smallest absolute Gasteiger partial charge is 0.162 e. The molecule has 0 radical (unpaired) electrons. The Hall–Kier alpha value is -1.03. The van der Waals surface area contributed by atoms with Gasteiger partial charge in [0.05, 0.1) is 12.3 Å². The van der Waals surface area contributed by atoms with Gasteiger partial charge in [0.2, 0.25) is 0 Å². The van der Waals surface area contributed by atoms with Gasteiger partial charge in [-0.05, 0) is 47.6 Å². The van der Waals surface area contributed by atoms with Gasteiger partial charge < -0.3 is 10.1 Å². The second-order valence-corrected chi connectivity index (χ2v) is 5.50. The zero-order valence-electron chi connectivity index (χ0n) is 11.9. The van der Waals surface area contributed by atoms with Crippen molar-refractivity contribution < 1.29 is 4.74 Å². The third-order valence-electron chi connectivity index (χ3n) is 2.67. The average Bonchev–Trinajstić information content (AvgIpc) is 2.42. The largest absolute Gasteiger partial charge is 0.490 e. The average molecular weight is 239 g/mol. The van der Waals surface area contributed by atoms with Crippen LogP contribution in [0.15, 0.2) is 0 Å². The van der Waals surface area contributed by atoms with Crippen molar-refractivity contribution in [3.05, 3.63) is 11.4 Å². The van der Waals surface area contributed by atoms with Gasteiger partial charge in [0.25, 0.3) is 0 Å². The number of rotatable bonds is 5. The minimum atomic E-state index is 0.181. The highest BCUT2D eigenvalue weighted by atomic mass is 16.5. The second kappa shape index (κ2) is 5.54. The minimum Gasteiger partial charge on any atom is -0.490 e. The number of hydrogen-bond acceptors (Lipinski definition) is 3. The first-order valence-corrected chi connectivity index (χ1v) is 6.19. The zero-order valence-corrected chi connectivity index (χ0v) is 11.9. The molecule has 1 rings (SSSR count). The van der Waals surface area contributed by atoms with Crippen LogP contribution in [-0.2, 0) is 7.05 Å². The summed E-state index contributed by atoms with van der Waals surface area (Å²) in [6.07, 6.45) is 1.01. The van der Waals surface area contributed by atoms with Crippen molar-refractivity contribution in [2.75, 3.05) is 13.2 Å². The Balaban J connectivity index is 2.32. The van der Waals surface area contributed by atoms with E-state index in [1.165, 1.54) is 0 Å². The van der Waals surface area contributed by atoms with Crippen molar-refractivity contribution in [1.82, 2.24) is 15.1 Å². The van der Waals surface area contributed by atoms with Gasteiger partial charge in [0.1, 0.15) is 5.69 Å². The molecule has 1 heterocycles. The van der Waals surface area contributed by atoms with Crippen LogP contribution in [0.5, 0.6) is 5.75 Å². The summed E-state index contributed by atoms with van der Waals surface area (Å²) >= 11 is 0. The monoisotopic (exact) mass is 239 g/mol. The number of aryl methyl sites for hydroxylation is 2. The molecule has 0 aliphatic carbocycles. The van der Waals surface area contributed by atoms with Crippen molar-refractivity contribution in [2.24, 2.45) is 7.05 Å². The lowest BCUT2D eigenvalue weighted by atomic mass is 10.1. The van der Waals surface area contributed by atoms with Gasteiger partial charge in [-0.25, -0.2) is 0 Å². The molecule has 1 aromatic heterocycles. The van der Waals surface area contributed by atoms with E-state index >= 15 is 0 Å². The molecule has 0 saturated heterocycles. The van der Waals surface area contributed by atoms with Crippen LogP contribution in [0.2, 0.25) is 0 Å². The zero-order chi connectivity index (χ0) is 13.1. The molecular formula is C13H25N3O. The molecular weight excluding hydrogens is 214 g/mol. The summed E-state index contributed by atoms with van der Waals surface area (Å²) in [6.45, 7) is 12.2. The summed E-state index contributed by atoms with van der Waals surface area (Å²) in [6, 6.07) is 0. The number of ether oxygens (including phenoxy) is 1. The molecule has 0 aromatic carbocycles. The van der Waals surface area contributed by atoms with E-state index in [0.717, 1.165) is 36.7 Å². The highest BCUT2D eigenvalue weighted by molar-refractivity contribution is 5.31. The molecule has 1 aromatic rings. The van der Waals surface area contributed by atoms with Gasteiger partial charge in [-0.1, -0.05) is 0 Å². The topological polar surface area (TPSA) is 39.1 Å². The molecule has 1 N–H and O–H groups in total. The second-order valence-electron chi connectivity index (χ2n) is 5.50. The summed E-state index contributed by atoms with van der Waals surface area (Å²) < 4.78 is 7.64. The van der Waals surface area contributed by atoms with E-state index in [1.807, 2.05) is 25.6 Å². The predicted molar refractivity (Wildman–Crippen MR) is 70.5 cm³/mol. The Labute approximate surface area is 104 Å². The van der Waals surface area contributed by atoms with Crippen molar-refractivity contribution >= 4 is 0 Å². The molecule has 0 aliphatic rings. The fraction of sp³-hybridized carbons (Fsp3) is 0.769. The van der Waals surface area contributed by atoms with Crippen LogP contribution in [0, 0.1) is 13.8 Å². The van der Waals surface area contributed by atoms with Crippen molar-refractivity contribution in [3.63, 3.8) is 0 Å². The van der Waals surface area contributed by atoms with Crippen molar-refractivity contribution in [1.29, 1.82) is 0 Å². The van der Waals surface area contributed by atoms with Gasteiger partial charge in [0, 0.05) is 12.6 Å². The molecule has 4 nitrogen and oxygen atoms in total. The van der Waals surface area contributed by atoms with Crippen LogP contribution in [0.3, 0.4) is 0 Å². The molecule has 0 saturated carbocycles. The molecule has 4 heteroatoms. The van der Waals surface area contributed by atoms with Gasteiger partial charge in [0.15, 0.2) is 5.75 Å². The first-order chi connectivity index (χ1) is 7.81. The molecule has 0 fully saturated rings. The van der Waals surface area contributed by atoms with Gasteiger partial charge in [-0.2, -0.15) is 5.10 Å². The van der Waals surface area contributed by atoms with E-state index in [2.05, 4.69) is 31.2 Å². The SMILES string of the molecule is Cc1nn(C)c(C)c1OCCCNC(C)(C)C. The van der Waals surface area contributed by atoms with E-state index in [-0.39, 0.29) is 5.54 Å². The molecule has 98 valence electrons. The fourth-order valence-corrected chi connectivity index (χ4v) is 1.67. The maximum atomic E-state index is 5.78. The van der Waals surface area contributed by atoms with Gasteiger partial charge in [-0.15, -0.1) is 0 Å². The lowest BCUT2D eigenvalue weighted by Gasteiger charge is -2.20. The van der Waals surface area contributed by atoms with Crippen molar-refractivity contribution in [2.45, 2.75) is 46.6 Å². The van der Waals surface area contributed by atoms with Crippen LogP contribution >= 0.6 is 0 Å². The summed E-state index contributed by atoms with van der Waals surface area (Å²) in [5.74, 6) is 0.934. The van der Waals surface area contributed by atoms with Crippen LogP contribution in [0.1, 0.15) is 38.6 Å². The summed E-state index contributed by atoms with van der Waals surface area (Å²) in [5, 5.41) is 7.77. The normalized spacial score (nSPS) is 11.9. The molecule has 0 spiro atoms. The molecule has 0 aliphatic heterocycles. The first-order valence-electron chi connectivity index (χ1n) is 6.19. The predicted octanol–water partition coefficient (Wildman–Crippen LogP) is 2.19. The van der Waals surface area contributed by atoms with E-state index in [1.54, 1.807) is 0 Å². The number of aromatic nitrogens is 2. The van der Waals surface area contributed by atoms with Crippen LogP contribution in [0.4, 0.5) is 0 Å². The third kappa shape index (κ3) is 4.38. The van der Waals surface area contributed by atoms with E-state index in [9.17, 15) is 0 Å². The maximum absolute atomic E-state index is 5.78. The van der Waals surface area contributed by atoms with Crippen LogP contribution in [-0.4, -0.2) is 28.5 Å². The van der Waals surface area contributed by atoms with E-state index < -0.39 is 0 Å². The summed E-state index contributed by atoms with van der Waals surface area (Å²) in [4.78, 5) is 0. The minimum absolute atomic E-state index is 0.181. The fourth-order valence-electron chi connectivity index (χ4n) is 1.67. The molecule has 0 amide bonds. The highest BCUT2D eigenvalue weighted by Crippen LogP contribution is 2.21. The Morgan fingerprint density at radius 3 is 2.41 bits per heavy atom. The lowest BCUT2D eigenvalue weighted by molar-refractivity contribution is 0.294. The van der Waals surface area contributed by atoms with E-state index in [4.69, 9.17) is 4.74 Å². The number of nitrogens with zero attached hydrogens (tertiary/aromatic N) is 2. The van der Waals surface area contributed by atoms with E-state index in [0.29, 0.717) is 0 Å². The summed E-state index contributed by atoms with van der Waals surface area (Å²) in [5.41, 5.74) is 2.24. The number of nitrogens with one attached hydrogen (secondary N) is 1. The quantitative estimate of drug-likeness (QED) is 0.801. The van der Waals surface area contributed by atoms with Crippen LogP contribution in [0.25, 0.3) is 0 Å². The Kier molecular flexibility index (Phi) is 4.57. The Morgan fingerprint density at radius 2 is 1.94 bits per heavy atom. The maximum Gasteiger partial charge on any atom is 0.162 e. The summed E-state index contributed by atoms with van der Waals surface area (Å²) in [7, 11) is 1.94. The Morgan fingerprint density at radius 1 is 1.29 bits per heavy atom. The molecule has 0 bridgehead atoms. The molecule has 0 unspecified atom stereocenters. The molecule has 0 atom stereocenters. The first kappa shape index (κ1) is 14.0. The van der Waals surface area contributed by atoms with Gasteiger partial charge in [-0.3, -0.25) is 4.68 Å². The highest BCUT2D eigenvalue weighted by Gasteiger charge is 2.11. The number of hydrogen-bond donors (Lipinski definition) is 1. The molecule has 17 heavy (non-hydrogen) atoms.